The molecular formula is C18H34O4. The van der Waals surface area contributed by atoms with E-state index in [4.69, 9.17) is 5.11 Å². The van der Waals surface area contributed by atoms with Crippen molar-refractivity contribution in [3.8, 4) is 0 Å². The third kappa shape index (κ3) is 5.29. The molecule has 1 unspecified atom stereocenters. The molecule has 4 nitrogen and oxygen atoms in total. The van der Waals surface area contributed by atoms with Crippen molar-refractivity contribution in [3.05, 3.63) is 0 Å². The quantitative estimate of drug-likeness (QED) is 0.558. The molecule has 0 heterocycles. The molecular weight excluding hydrogens is 280 g/mol. The van der Waals surface area contributed by atoms with E-state index in [9.17, 15) is 14.7 Å². The molecule has 130 valence electrons. The maximum Gasteiger partial charge on any atom is 0.310 e. The van der Waals surface area contributed by atoms with E-state index < -0.39 is 22.8 Å². The number of carboxylic acids is 2. The lowest BCUT2D eigenvalue weighted by Gasteiger charge is -2.41. The zero-order chi connectivity index (χ0) is 17.6. The molecule has 0 amide bonds. The first-order valence-corrected chi connectivity index (χ1v) is 8.37. The van der Waals surface area contributed by atoms with Crippen LogP contribution in [-0.2, 0) is 9.59 Å². The molecule has 0 spiro atoms. The van der Waals surface area contributed by atoms with Gasteiger partial charge in [-0.3, -0.25) is 9.59 Å². The van der Waals surface area contributed by atoms with E-state index in [0.717, 1.165) is 25.7 Å². The first-order valence-electron chi connectivity index (χ1n) is 8.37. The summed E-state index contributed by atoms with van der Waals surface area (Å²) >= 11 is 0. The van der Waals surface area contributed by atoms with Crippen molar-refractivity contribution in [1.82, 2.24) is 0 Å². The molecule has 1 atom stereocenters. The fraction of sp³-hybridized carbons (Fsp3) is 0.889. The number of hydrogen-bond donors (Lipinski definition) is 2. The average Bonchev–Trinajstić information content (AvgIpc) is 2.35. The number of aliphatic carboxylic acids is 2. The van der Waals surface area contributed by atoms with Crippen LogP contribution in [-0.4, -0.2) is 22.2 Å². The molecule has 0 saturated heterocycles. The third-order valence-corrected chi connectivity index (χ3v) is 5.18. The Kier molecular flexibility index (Phi) is 7.60. The van der Waals surface area contributed by atoms with Crippen molar-refractivity contribution >= 4 is 11.9 Å². The molecule has 2 N–H and O–H groups in total. The zero-order valence-electron chi connectivity index (χ0n) is 15.2. The van der Waals surface area contributed by atoms with Crippen LogP contribution >= 0.6 is 0 Å². The van der Waals surface area contributed by atoms with Gasteiger partial charge in [0.2, 0.25) is 0 Å². The molecule has 0 saturated carbocycles. The summed E-state index contributed by atoms with van der Waals surface area (Å²) in [5, 5.41) is 18.7. The second-order valence-electron chi connectivity index (χ2n) is 8.09. The molecule has 0 rings (SSSR count). The minimum Gasteiger partial charge on any atom is -0.481 e. The van der Waals surface area contributed by atoms with E-state index in [1.54, 1.807) is 13.8 Å². The molecule has 0 aliphatic rings. The van der Waals surface area contributed by atoms with Crippen LogP contribution in [0.4, 0.5) is 0 Å². The Balaban J connectivity index is 4.33. The van der Waals surface area contributed by atoms with Gasteiger partial charge >= 0.3 is 11.9 Å². The Morgan fingerprint density at radius 2 is 1.23 bits per heavy atom. The summed E-state index contributed by atoms with van der Waals surface area (Å²) in [5.41, 5.74) is -1.61. The molecule has 0 aromatic rings. The van der Waals surface area contributed by atoms with Crippen LogP contribution in [0.5, 0.6) is 0 Å². The molecule has 0 fully saturated rings. The molecule has 0 aliphatic heterocycles. The fourth-order valence-electron chi connectivity index (χ4n) is 3.12. The molecule has 4 heteroatoms. The van der Waals surface area contributed by atoms with Crippen molar-refractivity contribution in [2.24, 2.45) is 16.2 Å². The van der Waals surface area contributed by atoms with Crippen LogP contribution in [0.1, 0.15) is 86.5 Å². The highest BCUT2D eigenvalue weighted by molar-refractivity contribution is 5.75. The van der Waals surface area contributed by atoms with Crippen molar-refractivity contribution in [2.75, 3.05) is 0 Å². The Bertz CT molecular complexity index is 379. The number of unbranched alkanes of at least 4 members (excludes halogenated alkanes) is 3. The molecule has 0 aromatic carbocycles. The summed E-state index contributed by atoms with van der Waals surface area (Å²) in [7, 11) is 0. The Morgan fingerprint density at radius 1 is 0.773 bits per heavy atom. The topological polar surface area (TPSA) is 74.6 Å². The minimum atomic E-state index is -0.754. The predicted molar refractivity (Wildman–Crippen MR) is 88.9 cm³/mol. The lowest BCUT2D eigenvalue weighted by atomic mass is 9.62. The van der Waals surface area contributed by atoms with Crippen LogP contribution in [0, 0.1) is 16.2 Å². The molecule has 0 bridgehead atoms. The summed E-state index contributed by atoms with van der Waals surface area (Å²) in [6.45, 7) is 11.5. The van der Waals surface area contributed by atoms with E-state index in [1.165, 1.54) is 0 Å². The SMILES string of the molecule is CCC(CCCCCCC(C)(C)C(=O)O)(C(=O)O)C(C)(C)C. The highest BCUT2D eigenvalue weighted by atomic mass is 16.4. The second-order valence-corrected chi connectivity index (χ2v) is 8.09. The van der Waals surface area contributed by atoms with Crippen LogP contribution in [0.15, 0.2) is 0 Å². The number of carbonyl (C=O) groups is 2. The van der Waals surface area contributed by atoms with Gasteiger partial charge in [0.15, 0.2) is 0 Å². The molecule has 0 radical (unpaired) electrons. The lowest BCUT2D eigenvalue weighted by molar-refractivity contribution is -0.157. The molecule has 0 aromatic heterocycles. The van der Waals surface area contributed by atoms with Gasteiger partial charge in [-0.25, -0.2) is 0 Å². The van der Waals surface area contributed by atoms with E-state index in [-0.39, 0.29) is 5.41 Å². The van der Waals surface area contributed by atoms with Gasteiger partial charge in [-0.05, 0) is 38.5 Å². The van der Waals surface area contributed by atoms with Gasteiger partial charge in [-0.15, -0.1) is 0 Å². The van der Waals surface area contributed by atoms with Gasteiger partial charge in [0.05, 0.1) is 10.8 Å². The van der Waals surface area contributed by atoms with Crippen molar-refractivity contribution in [2.45, 2.75) is 86.5 Å². The molecule has 22 heavy (non-hydrogen) atoms. The van der Waals surface area contributed by atoms with Gasteiger partial charge in [0.1, 0.15) is 0 Å². The second kappa shape index (κ2) is 7.98. The van der Waals surface area contributed by atoms with Crippen LogP contribution in [0.3, 0.4) is 0 Å². The van der Waals surface area contributed by atoms with E-state index >= 15 is 0 Å². The zero-order valence-corrected chi connectivity index (χ0v) is 15.2. The highest BCUT2D eigenvalue weighted by Gasteiger charge is 2.46. The van der Waals surface area contributed by atoms with Crippen molar-refractivity contribution in [3.63, 3.8) is 0 Å². The standard InChI is InChI=1S/C18H34O4/c1-7-18(15(21)22,16(2,3)4)13-11-9-8-10-12-17(5,6)14(19)20/h7-13H2,1-6H3,(H,19,20)(H,21,22). The maximum absolute atomic E-state index is 11.8. The van der Waals surface area contributed by atoms with E-state index in [2.05, 4.69) is 0 Å². The monoisotopic (exact) mass is 314 g/mol. The average molecular weight is 314 g/mol. The van der Waals surface area contributed by atoms with Gasteiger partial charge < -0.3 is 10.2 Å². The highest BCUT2D eigenvalue weighted by Crippen LogP contribution is 2.46. The van der Waals surface area contributed by atoms with Crippen molar-refractivity contribution < 1.29 is 19.8 Å². The summed E-state index contributed by atoms with van der Waals surface area (Å²) < 4.78 is 0. The Labute approximate surface area is 135 Å². The first kappa shape index (κ1) is 20.9. The Hall–Kier alpha value is -1.06. The number of hydrogen-bond acceptors (Lipinski definition) is 2. The smallest absolute Gasteiger partial charge is 0.310 e. The van der Waals surface area contributed by atoms with Gasteiger partial charge in [-0.2, -0.15) is 0 Å². The number of carboxylic acid groups (broad SMARTS) is 2. The largest absolute Gasteiger partial charge is 0.481 e. The van der Waals surface area contributed by atoms with Crippen LogP contribution in [0.2, 0.25) is 0 Å². The maximum atomic E-state index is 11.8. The van der Waals surface area contributed by atoms with E-state index in [1.807, 2.05) is 27.7 Å². The van der Waals surface area contributed by atoms with Crippen molar-refractivity contribution in [1.29, 1.82) is 0 Å². The Morgan fingerprint density at radius 3 is 1.55 bits per heavy atom. The van der Waals surface area contributed by atoms with Gasteiger partial charge in [0.25, 0.3) is 0 Å². The van der Waals surface area contributed by atoms with E-state index in [0.29, 0.717) is 19.3 Å². The summed E-state index contributed by atoms with van der Waals surface area (Å²) in [6, 6.07) is 0. The fourth-order valence-corrected chi connectivity index (χ4v) is 3.12. The van der Waals surface area contributed by atoms with Gasteiger partial charge in [-0.1, -0.05) is 53.4 Å². The van der Waals surface area contributed by atoms with Gasteiger partial charge in [0, 0.05) is 0 Å². The van der Waals surface area contributed by atoms with Crippen LogP contribution < -0.4 is 0 Å². The summed E-state index contributed by atoms with van der Waals surface area (Å²) in [6.07, 6.45) is 5.66. The third-order valence-electron chi connectivity index (χ3n) is 5.18. The first-order chi connectivity index (χ1) is 9.90. The number of rotatable bonds is 10. The summed E-state index contributed by atoms with van der Waals surface area (Å²) in [5.74, 6) is -1.45. The molecule has 0 aliphatic carbocycles. The summed E-state index contributed by atoms with van der Waals surface area (Å²) in [4.78, 5) is 22.8. The normalized spacial score (nSPS) is 15.4. The minimum absolute atomic E-state index is 0.265. The predicted octanol–water partition coefficient (Wildman–Crippen LogP) is 4.96. The van der Waals surface area contributed by atoms with Crippen LogP contribution in [0.25, 0.3) is 0 Å². The lowest BCUT2D eigenvalue weighted by Crippen LogP contribution is -2.42.